The lowest BCUT2D eigenvalue weighted by atomic mass is 10.1. The summed E-state index contributed by atoms with van der Waals surface area (Å²) in [4.78, 5) is 2.42. The highest BCUT2D eigenvalue weighted by Crippen LogP contribution is 2.24. The molecule has 0 aliphatic carbocycles. The highest BCUT2D eigenvalue weighted by molar-refractivity contribution is 5.53. The standard InChI is InChI=1S/C18H18N4/c19-14-15-4-6-16(7-5-15)20-21-17-8-10-18(11-9-17)22-12-2-1-3-13-22/h4-11H,1-3,12-13H2. The number of piperidine rings is 1. The van der Waals surface area contributed by atoms with Gasteiger partial charge in [0, 0.05) is 18.8 Å². The molecule has 1 heterocycles. The van der Waals surface area contributed by atoms with Gasteiger partial charge in [0.15, 0.2) is 0 Å². The summed E-state index contributed by atoms with van der Waals surface area (Å²) in [5.74, 6) is 0. The maximum absolute atomic E-state index is 8.76. The van der Waals surface area contributed by atoms with Crippen molar-refractivity contribution in [1.82, 2.24) is 0 Å². The third-order valence-electron chi connectivity index (χ3n) is 3.85. The molecule has 22 heavy (non-hydrogen) atoms. The van der Waals surface area contributed by atoms with Crippen molar-refractivity contribution in [3.63, 3.8) is 0 Å². The summed E-state index contributed by atoms with van der Waals surface area (Å²) < 4.78 is 0. The van der Waals surface area contributed by atoms with Crippen LogP contribution in [0, 0.1) is 11.3 Å². The van der Waals surface area contributed by atoms with Crippen LogP contribution in [0.25, 0.3) is 0 Å². The van der Waals surface area contributed by atoms with Gasteiger partial charge >= 0.3 is 0 Å². The van der Waals surface area contributed by atoms with E-state index >= 15 is 0 Å². The number of nitriles is 1. The maximum atomic E-state index is 8.76. The molecule has 4 nitrogen and oxygen atoms in total. The molecule has 110 valence electrons. The summed E-state index contributed by atoms with van der Waals surface area (Å²) in [6.07, 6.45) is 3.90. The zero-order valence-corrected chi connectivity index (χ0v) is 12.4. The van der Waals surface area contributed by atoms with Gasteiger partial charge in [-0.2, -0.15) is 15.5 Å². The highest BCUT2D eigenvalue weighted by atomic mass is 15.1. The van der Waals surface area contributed by atoms with E-state index in [-0.39, 0.29) is 0 Å². The van der Waals surface area contributed by atoms with Gasteiger partial charge in [-0.15, -0.1) is 0 Å². The number of benzene rings is 2. The fraction of sp³-hybridized carbons (Fsp3) is 0.278. The molecule has 1 aliphatic rings. The predicted octanol–water partition coefficient (Wildman–Crippen LogP) is 4.96. The number of hydrogen-bond donors (Lipinski definition) is 0. The van der Waals surface area contributed by atoms with E-state index in [1.54, 1.807) is 24.3 Å². The Morgan fingerprint density at radius 2 is 1.32 bits per heavy atom. The Morgan fingerprint density at radius 3 is 1.86 bits per heavy atom. The van der Waals surface area contributed by atoms with E-state index in [1.807, 2.05) is 12.1 Å². The zero-order valence-electron chi connectivity index (χ0n) is 12.4. The van der Waals surface area contributed by atoms with Crippen LogP contribution in [0.5, 0.6) is 0 Å². The second-order valence-electron chi connectivity index (χ2n) is 5.42. The van der Waals surface area contributed by atoms with Crippen LogP contribution in [0.1, 0.15) is 24.8 Å². The Morgan fingerprint density at radius 1 is 0.773 bits per heavy atom. The predicted molar refractivity (Wildman–Crippen MR) is 87.8 cm³/mol. The van der Waals surface area contributed by atoms with Crippen LogP contribution in [0.4, 0.5) is 17.1 Å². The number of azo groups is 1. The molecule has 4 heteroatoms. The average Bonchev–Trinajstić information content (AvgIpc) is 2.61. The summed E-state index contributed by atoms with van der Waals surface area (Å²) >= 11 is 0. The van der Waals surface area contributed by atoms with Gasteiger partial charge in [0.1, 0.15) is 0 Å². The lowest BCUT2D eigenvalue weighted by Gasteiger charge is -2.28. The van der Waals surface area contributed by atoms with Gasteiger partial charge < -0.3 is 4.90 Å². The molecule has 2 aromatic carbocycles. The maximum Gasteiger partial charge on any atom is 0.0991 e. The van der Waals surface area contributed by atoms with Crippen molar-refractivity contribution in [2.45, 2.75) is 19.3 Å². The van der Waals surface area contributed by atoms with E-state index in [1.165, 1.54) is 24.9 Å². The van der Waals surface area contributed by atoms with Gasteiger partial charge in [0.05, 0.1) is 23.0 Å². The number of hydrogen-bond acceptors (Lipinski definition) is 4. The van der Waals surface area contributed by atoms with Crippen molar-refractivity contribution in [2.75, 3.05) is 18.0 Å². The minimum Gasteiger partial charge on any atom is -0.372 e. The molecule has 0 radical (unpaired) electrons. The normalized spacial score (nSPS) is 15.0. The third kappa shape index (κ3) is 3.50. The van der Waals surface area contributed by atoms with Crippen molar-refractivity contribution in [3.05, 3.63) is 54.1 Å². The van der Waals surface area contributed by atoms with Gasteiger partial charge in [-0.3, -0.25) is 0 Å². The van der Waals surface area contributed by atoms with Crippen LogP contribution in [0.15, 0.2) is 58.8 Å². The molecule has 0 aromatic heterocycles. The fourth-order valence-electron chi connectivity index (χ4n) is 2.60. The lowest BCUT2D eigenvalue weighted by molar-refractivity contribution is 0.578. The largest absolute Gasteiger partial charge is 0.372 e. The average molecular weight is 290 g/mol. The Labute approximate surface area is 130 Å². The molecule has 0 unspecified atom stereocenters. The van der Waals surface area contributed by atoms with Gasteiger partial charge in [-0.05, 0) is 67.8 Å². The topological polar surface area (TPSA) is 51.8 Å². The molecule has 1 aliphatic heterocycles. The van der Waals surface area contributed by atoms with Gasteiger partial charge in [-0.1, -0.05) is 0 Å². The molecule has 2 aromatic rings. The van der Waals surface area contributed by atoms with Crippen molar-refractivity contribution in [2.24, 2.45) is 10.2 Å². The first-order valence-corrected chi connectivity index (χ1v) is 7.62. The first-order chi connectivity index (χ1) is 10.8. The molecule has 0 atom stereocenters. The highest BCUT2D eigenvalue weighted by Gasteiger charge is 2.10. The Balaban J connectivity index is 1.67. The molecular formula is C18H18N4. The minimum atomic E-state index is 0.629. The summed E-state index contributed by atoms with van der Waals surface area (Å²) in [5, 5.41) is 17.2. The van der Waals surface area contributed by atoms with Crippen LogP contribution in [-0.4, -0.2) is 13.1 Å². The Hall–Kier alpha value is -2.67. The van der Waals surface area contributed by atoms with E-state index in [2.05, 4.69) is 33.3 Å². The quantitative estimate of drug-likeness (QED) is 0.750. The van der Waals surface area contributed by atoms with E-state index in [0.717, 1.165) is 24.5 Å². The van der Waals surface area contributed by atoms with Crippen LogP contribution in [0.3, 0.4) is 0 Å². The molecule has 0 bridgehead atoms. The first kappa shape index (κ1) is 14.3. The van der Waals surface area contributed by atoms with Crippen LogP contribution in [-0.2, 0) is 0 Å². The number of rotatable bonds is 3. The first-order valence-electron chi connectivity index (χ1n) is 7.62. The summed E-state index contributed by atoms with van der Waals surface area (Å²) in [5.41, 5.74) is 3.48. The number of anilines is 1. The van der Waals surface area contributed by atoms with E-state index < -0.39 is 0 Å². The molecule has 1 saturated heterocycles. The second-order valence-corrected chi connectivity index (χ2v) is 5.42. The van der Waals surface area contributed by atoms with Gasteiger partial charge in [0.2, 0.25) is 0 Å². The summed E-state index contributed by atoms with van der Waals surface area (Å²) in [6.45, 7) is 2.29. The third-order valence-corrected chi connectivity index (χ3v) is 3.85. The molecular weight excluding hydrogens is 272 g/mol. The number of nitrogens with zero attached hydrogens (tertiary/aromatic N) is 4. The molecule has 0 saturated carbocycles. The van der Waals surface area contributed by atoms with Crippen LogP contribution in [0.2, 0.25) is 0 Å². The van der Waals surface area contributed by atoms with Gasteiger partial charge in [-0.25, -0.2) is 0 Å². The van der Waals surface area contributed by atoms with E-state index in [9.17, 15) is 0 Å². The Bertz CT molecular complexity index is 675. The molecule has 0 spiro atoms. The van der Waals surface area contributed by atoms with Crippen molar-refractivity contribution in [3.8, 4) is 6.07 Å². The lowest BCUT2D eigenvalue weighted by Crippen LogP contribution is -2.29. The molecule has 1 fully saturated rings. The summed E-state index contributed by atoms with van der Waals surface area (Å²) in [6, 6.07) is 17.4. The van der Waals surface area contributed by atoms with Crippen molar-refractivity contribution >= 4 is 17.1 Å². The molecule has 0 amide bonds. The van der Waals surface area contributed by atoms with Crippen molar-refractivity contribution < 1.29 is 0 Å². The summed E-state index contributed by atoms with van der Waals surface area (Å²) in [7, 11) is 0. The van der Waals surface area contributed by atoms with Crippen LogP contribution >= 0.6 is 0 Å². The van der Waals surface area contributed by atoms with Gasteiger partial charge in [0.25, 0.3) is 0 Å². The van der Waals surface area contributed by atoms with Crippen molar-refractivity contribution in [1.29, 1.82) is 5.26 Å². The fourth-order valence-corrected chi connectivity index (χ4v) is 2.60. The minimum absolute atomic E-state index is 0.629. The monoisotopic (exact) mass is 290 g/mol. The smallest absolute Gasteiger partial charge is 0.0991 e. The SMILES string of the molecule is N#Cc1ccc(N=Nc2ccc(N3CCCCC3)cc2)cc1. The van der Waals surface area contributed by atoms with E-state index in [0.29, 0.717) is 5.56 Å². The zero-order chi connectivity index (χ0) is 15.2. The molecule has 0 N–H and O–H groups in total. The molecule has 3 rings (SSSR count). The second kappa shape index (κ2) is 6.86. The van der Waals surface area contributed by atoms with Crippen LogP contribution < -0.4 is 4.90 Å². The van der Waals surface area contributed by atoms with E-state index in [4.69, 9.17) is 5.26 Å². The Kier molecular flexibility index (Phi) is 4.45.